The molecule has 37 heavy (non-hydrogen) atoms. The standard InChI is InChI=1S/C29H42N4O4/c1-6-19(2)27(34)30-26(21-10-8-7-9-11-21)29(36)32-14-15-33(20(3)18-32)28(35)25-16-22-12-13-23(37-5)17-24(22)31(25)4/h12-13,16-17,19-21,26H,6-11,14-15,18H2,1-5H3,(H,30,34)/t19-,20+,26+/m1/s1. The molecule has 3 amide bonds. The number of aryl methyl sites for hydroxylation is 1. The number of fused-ring (bicyclic) bond motifs is 1. The summed E-state index contributed by atoms with van der Waals surface area (Å²) in [5, 5.41) is 4.10. The van der Waals surface area contributed by atoms with Gasteiger partial charge in [0.05, 0.1) is 12.6 Å². The number of carbonyl (C=O) groups is 3. The van der Waals surface area contributed by atoms with Gasteiger partial charge in [0, 0.05) is 50.1 Å². The van der Waals surface area contributed by atoms with E-state index < -0.39 is 6.04 Å². The molecule has 1 aliphatic heterocycles. The van der Waals surface area contributed by atoms with Gasteiger partial charge in [0.15, 0.2) is 0 Å². The first-order valence-electron chi connectivity index (χ1n) is 13.8. The molecule has 4 rings (SSSR count). The Kier molecular flexibility index (Phi) is 8.45. The molecule has 1 saturated heterocycles. The fourth-order valence-electron chi connectivity index (χ4n) is 5.78. The average molecular weight is 511 g/mol. The molecular formula is C29H42N4O4. The summed E-state index contributed by atoms with van der Waals surface area (Å²) in [6, 6.07) is 7.10. The molecule has 8 heteroatoms. The van der Waals surface area contributed by atoms with E-state index in [1.807, 2.05) is 66.5 Å². The van der Waals surface area contributed by atoms with E-state index in [2.05, 4.69) is 5.32 Å². The zero-order chi connectivity index (χ0) is 26.7. The maximum Gasteiger partial charge on any atom is 0.270 e. The monoisotopic (exact) mass is 510 g/mol. The first kappa shape index (κ1) is 27.0. The number of benzene rings is 1. The van der Waals surface area contributed by atoms with Crippen LogP contribution in [0.2, 0.25) is 0 Å². The van der Waals surface area contributed by atoms with Crippen LogP contribution in [0.3, 0.4) is 0 Å². The van der Waals surface area contributed by atoms with E-state index >= 15 is 0 Å². The van der Waals surface area contributed by atoms with Crippen molar-refractivity contribution in [2.75, 3.05) is 26.7 Å². The molecule has 0 unspecified atom stereocenters. The van der Waals surface area contributed by atoms with Crippen molar-refractivity contribution in [2.45, 2.75) is 71.4 Å². The number of nitrogens with one attached hydrogen (secondary N) is 1. The third-order valence-electron chi connectivity index (χ3n) is 8.42. The molecule has 1 aromatic carbocycles. The minimum atomic E-state index is -0.482. The predicted molar refractivity (Wildman–Crippen MR) is 145 cm³/mol. The molecule has 1 saturated carbocycles. The van der Waals surface area contributed by atoms with Crippen molar-refractivity contribution in [3.05, 3.63) is 30.0 Å². The Labute approximate surface area is 220 Å². The number of nitrogens with zero attached hydrogens (tertiary/aromatic N) is 3. The minimum Gasteiger partial charge on any atom is -0.497 e. The second-order valence-electron chi connectivity index (χ2n) is 10.8. The lowest BCUT2D eigenvalue weighted by atomic mass is 9.83. The molecule has 1 N–H and O–H groups in total. The molecule has 2 aliphatic rings. The van der Waals surface area contributed by atoms with Crippen LogP contribution in [0.15, 0.2) is 24.3 Å². The van der Waals surface area contributed by atoms with Gasteiger partial charge >= 0.3 is 0 Å². The van der Waals surface area contributed by atoms with Gasteiger partial charge in [-0.3, -0.25) is 14.4 Å². The van der Waals surface area contributed by atoms with Crippen molar-refractivity contribution >= 4 is 28.6 Å². The van der Waals surface area contributed by atoms with E-state index in [9.17, 15) is 14.4 Å². The number of methoxy groups -OCH3 is 1. The Morgan fingerprint density at radius 3 is 2.49 bits per heavy atom. The summed E-state index contributed by atoms with van der Waals surface area (Å²) in [4.78, 5) is 43.8. The molecule has 3 atom stereocenters. The molecule has 202 valence electrons. The second-order valence-corrected chi connectivity index (χ2v) is 10.8. The number of rotatable bonds is 7. The lowest BCUT2D eigenvalue weighted by Crippen LogP contribution is -2.60. The molecule has 2 aromatic rings. The summed E-state index contributed by atoms with van der Waals surface area (Å²) in [6.07, 6.45) is 6.08. The van der Waals surface area contributed by atoms with Gasteiger partial charge in [-0.05, 0) is 50.3 Å². The van der Waals surface area contributed by atoms with Crippen LogP contribution < -0.4 is 10.1 Å². The van der Waals surface area contributed by atoms with Crippen molar-refractivity contribution in [1.29, 1.82) is 0 Å². The van der Waals surface area contributed by atoms with Crippen molar-refractivity contribution in [3.8, 4) is 5.75 Å². The number of ether oxygens (including phenoxy) is 1. The topological polar surface area (TPSA) is 83.9 Å². The van der Waals surface area contributed by atoms with E-state index in [1.165, 1.54) is 6.42 Å². The number of aromatic nitrogens is 1. The average Bonchev–Trinajstić information content (AvgIpc) is 3.26. The minimum absolute atomic E-state index is 0.000739. The van der Waals surface area contributed by atoms with Crippen LogP contribution >= 0.6 is 0 Å². The van der Waals surface area contributed by atoms with Crippen LogP contribution in [0, 0.1) is 11.8 Å². The summed E-state index contributed by atoms with van der Waals surface area (Å²) < 4.78 is 7.26. The lowest BCUT2D eigenvalue weighted by molar-refractivity contribution is -0.141. The summed E-state index contributed by atoms with van der Waals surface area (Å²) in [5.74, 6) is 0.734. The molecule has 2 fully saturated rings. The smallest absolute Gasteiger partial charge is 0.270 e. The quantitative estimate of drug-likeness (QED) is 0.611. The highest BCUT2D eigenvalue weighted by atomic mass is 16.5. The molecular weight excluding hydrogens is 468 g/mol. The number of carbonyl (C=O) groups excluding carboxylic acids is 3. The number of piperazine rings is 1. The SMILES string of the molecule is CC[C@@H](C)C(=O)N[C@H](C(=O)N1CCN(C(=O)c2cc3ccc(OC)cc3n2C)[C@@H](C)C1)C1CCCCC1. The van der Waals surface area contributed by atoms with Crippen LogP contribution in [-0.2, 0) is 16.6 Å². The third kappa shape index (κ3) is 5.63. The Morgan fingerprint density at radius 1 is 1.11 bits per heavy atom. The molecule has 2 heterocycles. The third-order valence-corrected chi connectivity index (χ3v) is 8.42. The second kappa shape index (κ2) is 11.6. The largest absolute Gasteiger partial charge is 0.497 e. The van der Waals surface area contributed by atoms with Crippen LogP contribution in [0.1, 0.15) is 69.8 Å². The van der Waals surface area contributed by atoms with Gasteiger partial charge < -0.3 is 24.4 Å². The van der Waals surface area contributed by atoms with Crippen molar-refractivity contribution in [3.63, 3.8) is 0 Å². The van der Waals surface area contributed by atoms with Gasteiger partial charge in [0.2, 0.25) is 11.8 Å². The van der Waals surface area contributed by atoms with E-state index in [0.29, 0.717) is 25.3 Å². The highest BCUT2D eigenvalue weighted by Gasteiger charge is 2.38. The maximum atomic E-state index is 13.8. The van der Waals surface area contributed by atoms with E-state index in [1.54, 1.807) is 7.11 Å². The predicted octanol–water partition coefficient (Wildman–Crippen LogP) is 3.97. The summed E-state index contributed by atoms with van der Waals surface area (Å²) in [5.41, 5.74) is 1.56. The fraction of sp³-hybridized carbons (Fsp3) is 0.621. The van der Waals surface area contributed by atoms with Gasteiger partial charge in [-0.15, -0.1) is 0 Å². The van der Waals surface area contributed by atoms with Gasteiger partial charge in [-0.2, -0.15) is 0 Å². The lowest BCUT2D eigenvalue weighted by Gasteiger charge is -2.42. The van der Waals surface area contributed by atoms with Crippen LogP contribution in [0.5, 0.6) is 5.75 Å². The summed E-state index contributed by atoms with van der Waals surface area (Å²) in [6.45, 7) is 7.29. The van der Waals surface area contributed by atoms with Gasteiger partial charge in [-0.25, -0.2) is 0 Å². The Hall–Kier alpha value is -3.03. The Morgan fingerprint density at radius 2 is 1.84 bits per heavy atom. The summed E-state index contributed by atoms with van der Waals surface area (Å²) in [7, 11) is 3.53. The fourth-order valence-corrected chi connectivity index (χ4v) is 5.78. The van der Waals surface area contributed by atoms with Gasteiger partial charge in [0.1, 0.15) is 17.5 Å². The van der Waals surface area contributed by atoms with Crippen LogP contribution in [0.4, 0.5) is 0 Å². The van der Waals surface area contributed by atoms with E-state index in [-0.39, 0.29) is 35.6 Å². The molecule has 1 aromatic heterocycles. The molecule has 0 radical (unpaired) electrons. The zero-order valence-electron chi connectivity index (χ0n) is 23.0. The highest BCUT2D eigenvalue weighted by molar-refractivity contribution is 5.99. The number of amides is 3. The van der Waals surface area contributed by atoms with Gasteiger partial charge in [0.25, 0.3) is 5.91 Å². The summed E-state index contributed by atoms with van der Waals surface area (Å²) >= 11 is 0. The maximum absolute atomic E-state index is 13.8. The first-order chi connectivity index (χ1) is 17.7. The van der Waals surface area contributed by atoms with Crippen LogP contribution in [-0.4, -0.2) is 70.9 Å². The Bertz CT molecular complexity index is 1140. The first-order valence-corrected chi connectivity index (χ1v) is 13.8. The molecule has 0 bridgehead atoms. The van der Waals surface area contributed by atoms with E-state index in [4.69, 9.17) is 4.74 Å². The molecule has 0 spiro atoms. The highest BCUT2D eigenvalue weighted by Crippen LogP contribution is 2.29. The van der Waals surface area contributed by atoms with Crippen molar-refractivity contribution < 1.29 is 19.1 Å². The van der Waals surface area contributed by atoms with Crippen molar-refractivity contribution in [2.24, 2.45) is 18.9 Å². The number of hydrogen-bond donors (Lipinski definition) is 1. The zero-order valence-corrected chi connectivity index (χ0v) is 23.0. The molecule has 1 aliphatic carbocycles. The van der Waals surface area contributed by atoms with E-state index in [0.717, 1.165) is 48.8 Å². The van der Waals surface area contributed by atoms with Crippen LogP contribution in [0.25, 0.3) is 10.9 Å². The van der Waals surface area contributed by atoms with Gasteiger partial charge in [-0.1, -0.05) is 33.1 Å². The van der Waals surface area contributed by atoms with Crippen molar-refractivity contribution in [1.82, 2.24) is 19.7 Å². The molecule has 8 nitrogen and oxygen atoms in total. The number of hydrogen-bond acceptors (Lipinski definition) is 4. The Balaban J connectivity index is 1.48. The normalized spacial score (nSPS) is 20.5.